The van der Waals surface area contributed by atoms with E-state index in [1.807, 2.05) is 0 Å². The monoisotopic (exact) mass is 643 g/mol. The lowest BCUT2D eigenvalue weighted by molar-refractivity contribution is -0.165. The largest absolute Gasteiger partial charge is 0.493 e. The average Bonchev–Trinajstić information content (AvgIpc) is 3.70. The number of alkyl halides is 3. The molecule has 0 bridgehead atoms. The topological polar surface area (TPSA) is 112 Å². The molecule has 2 fully saturated rings. The molecule has 6 rings (SSSR count). The normalized spacial score (nSPS) is 19.6. The van der Waals surface area contributed by atoms with E-state index in [4.69, 9.17) is 18.7 Å². The van der Waals surface area contributed by atoms with E-state index in [0.717, 1.165) is 25.7 Å². The Morgan fingerprint density at radius 1 is 1.09 bits per heavy atom. The van der Waals surface area contributed by atoms with Crippen LogP contribution in [0, 0.1) is 5.82 Å². The first-order chi connectivity index (χ1) is 21.9. The van der Waals surface area contributed by atoms with Gasteiger partial charge >= 0.3 is 6.18 Å². The zero-order chi connectivity index (χ0) is 32.6. The van der Waals surface area contributed by atoms with Crippen molar-refractivity contribution in [2.24, 2.45) is 0 Å². The molecule has 1 saturated carbocycles. The standard InChI is InChI=1S/C32H33F4N5O5/c1-18-16-41(17-19(2)45-18)8-9-44-27-12-23-24(13-26(27)43-3)38-25(15-37-23)21-5-4-20(22(33)10-21)11-30(42)39-29-14-28(46-40-29)31(6-7-31)32(34,35)36/h4-5,10,12-15,18-19H,6-9,11,16-17H2,1-3H3,(H,39,40,42). The van der Waals surface area contributed by atoms with Crippen LogP contribution in [0.1, 0.15) is 38.0 Å². The quantitative estimate of drug-likeness (QED) is 0.218. The fourth-order valence-electron chi connectivity index (χ4n) is 5.75. The summed E-state index contributed by atoms with van der Waals surface area (Å²) in [6.45, 7) is 6.97. The van der Waals surface area contributed by atoms with Crippen molar-refractivity contribution < 1.29 is 41.1 Å². The van der Waals surface area contributed by atoms with Crippen LogP contribution < -0.4 is 14.8 Å². The molecule has 0 radical (unpaired) electrons. The van der Waals surface area contributed by atoms with Gasteiger partial charge in [-0.05, 0) is 38.3 Å². The molecule has 46 heavy (non-hydrogen) atoms. The molecule has 244 valence electrons. The highest BCUT2D eigenvalue weighted by Crippen LogP contribution is 2.59. The molecule has 2 aromatic carbocycles. The minimum absolute atomic E-state index is 0.0807. The van der Waals surface area contributed by atoms with Gasteiger partial charge in [0, 0.05) is 43.4 Å². The van der Waals surface area contributed by atoms with Crippen molar-refractivity contribution in [1.29, 1.82) is 0 Å². The third-order valence-electron chi connectivity index (χ3n) is 8.23. The molecule has 1 N–H and O–H groups in total. The second kappa shape index (κ2) is 12.5. The lowest BCUT2D eigenvalue weighted by atomic mass is 10.0. The number of fused-ring (bicyclic) bond motifs is 1. The van der Waals surface area contributed by atoms with Crippen LogP contribution in [0.3, 0.4) is 0 Å². The van der Waals surface area contributed by atoms with E-state index in [2.05, 4.69) is 39.2 Å². The molecule has 2 aliphatic rings. The fraction of sp³-hybridized carbons (Fsp3) is 0.438. The van der Waals surface area contributed by atoms with E-state index < -0.39 is 23.3 Å². The van der Waals surface area contributed by atoms with Gasteiger partial charge in [0.15, 0.2) is 23.1 Å². The van der Waals surface area contributed by atoms with Crippen molar-refractivity contribution >= 4 is 22.8 Å². The highest BCUT2D eigenvalue weighted by atomic mass is 19.4. The van der Waals surface area contributed by atoms with Crippen molar-refractivity contribution in [1.82, 2.24) is 20.0 Å². The molecule has 1 aliphatic carbocycles. The molecule has 0 spiro atoms. The number of hydrogen-bond acceptors (Lipinski definition) is 9. The Bertz CT molecular complexity index is 1730. The van der Waals surface area contributed by atoms with Crippen LogP contribution in [0.25, 0.3) is 22.3 Å². The van der Waals surface area contributed by atoms with Crippen molar-refractivity contribution in [3.8, 4) is 22.8 Å². The first-order valence-corrected chi connectivity index (χ1v) is 14.9. The van der Waals surface area contributed by atoms with Crippen LogP contribution in [-0.4, -0.2) is 77.7 Å². The second-order valence-electron chi connectivity index (χ2n) is 11.8. The number of nitrogens with zero attached hydrogens (tertiary/aromatic N) is 4. The number of carbonyl (C=O) groups is 1. The Labute approximate surface area is 262 Å². The number of methoxy groups -OCH3 is 1. The van der Waals surface area contributed by atoms with Crippen molar-refractivity contribution in [3.05, 3.63) is 59.7 Å². The van der Waals surface area contributed by atoms with E-state index in [1.54, 1.807) is 18.2 Å². The summed E-state index contributed by atoms with van der Waals surface area (Å²) >= 11 is 0. The number of aromatic nitrogens is 3. The van der Waals surface area contributed by atoms with E-state index >= 15 is 4.39 Å². The number of halogens is 4. The van der Waals surface area contributed by atoms with E-state index in [9.17, 15) is 18.0 Å². The number of nitrogens with one attached hydrogen (secondary N) is 1. The lowest BCUT2D eigenvalue weighted by Crippen LogP contribution is -2.46. The van der Waals surface area contributed by atoms with Crippen LogP contribution in [0.5, 0.6) is 11.5 Å². The molecular formula is C32H33F4N5O5. The Balaban J connectivity index is 1.10. The van der Waals surface area contributed by atoms with Crippen LogP contribution in [0.15, 0.2) is 47.1 Å². The number of carbonyl (C=O) groups excluding carboxylic acids is 1. The van der Waals surface area contributed by atoms with E-state index in [0.29, 0.717) is 40.4 Å². The summed E-state index contributed by atoms with van der Waals surface area (Å²) in [5.41, 5.74) is -0.0431. The smallest absolute Gasteiger partial charge is 0.401 e. The Hall–Kier alpha value is -4.30. The summed E-state index contributed by atoms with van der Waals surface area (Å²) in [6, 6.07) is 8.83. The SMILES string of the molecule is COc1cc2nc(-c3ccc(CC(=O)Nc4cc(C5(C(F)(F)F)CC5)on4)c(F)c3)cnc2cc1OCCN1CC(C)OC(C)C1. The maximum atomic E-state index is 15.1. The van der Waals surface area contributed by atoms with E-state index in [1.165, 1.54) is 25.4 Å². The maximum Gasteiger partial charge on any atom is 0.401 e. The molecule has 1 aliphatic heterocycles. The van der Waals surface area contributed by atoms with Gasteiger partial charge in [0.05, 0.1) is 48.7 Å². The number of hydrogen-bond donors (Lipinski definition) is 1. The van der Waals surface area contributed by atoms with Gasteiger partial charge in [-0.1, -0.05) is 17.3 Å². The van der Waals surface area contributed by atoms with Crippen LogP contribution in [-0.2, 0) is 21.4 Å². The van der Waals surface area contributed by atoms with Crippen LogP contribution in [0.2, 0.25) is 0 Å². The molecule has 4 aromatic rings. The maximum absolute atomic E-state index is 15.1. The van der Waals surface area contributed by atoms with Gasteiger partial charge in [0.25, 0.3) is 0 Å². The van der Waals surface area contributed by atoms with E-state index in [-0.39, 0.29) is 48.6 Å². The highest BCUT2D eigenvalue weighted by molar-refractivity contribution is 5.91. The molecule has 2 atom stereocenters. The van der Waals surface area contributed by atoms with Gasteiger partial charge in [-0.3, -0.25) is 14.7 Å². The van der Waals surface area contributed by atoms with Crippen molar-refractivity contribution in [2.45, 2.75) is 56.9 Å². The third kappa shape index (κ3) is 6.63. The third-order valence-corrected chi connectivity index (χ3v) is 8.23. The number of benzene rings is 2. The summed E-state index contributed by atoms with van der Waals surface area (Å²) < 4.78 is 77.3. The first kappa shape index (κ1) is 31.7. The molecule has 3 heterocycles. The Kier molecular flexibility index (Phi) is 8.59. The molecule has 1 saturated heterocycles. The zero-order valence-electron chi connectivity index (χ0n) is 25.5. The summed E-state index contributed by atoms with van der Waals surface area (Å²) in [7, 11) is 1.54. The number of rotatable bonds is 10. The molecular weight excluding hydrogens is 610 g/mol. The molecule has 1 amide bonds. The first-order valence-electron chi connectivity index (χ1n) is 14.9. The van der Waals surface area contributed by atoms with Gasteiger partial charge in [0.2, 0.25) is 5.91 Å². The molecule has 14 heteroatoms. The Morgan fingerprint density at radius 3 is 2.50 bits per heavy atom. The molecule has 10 nitrogen and oxygen atoms in total. The molecule has 2 unspecified atom stereocenters. The van der Waals surface area contributed by atoms with Gasteiger partial charge in [0.1, 0.15) is 17.8 Å². The summed E-state index contributed by atoms with van der Waals surface area (Å²) in [4.78, 5) is 24.0. The summed E-state index contributed by atoms with van der Waals surface area (Å²) in [5.74, 6) is -0.807. The predicted molar refractivity (Wildman–Crippen MR) is 159 cm³/mol. The molecule has 2 aromatic heterocycles. The summed E-state index contributed by atoms with van der Waals surface area (Å²) in [6.07, 6.45) is -3.19. The highest BCUT2D eigenvalue weighted by Gasteiger charge is 2.67. The van der Waals surface area contributed by atoms with Gasteiger partial charge in [-0.15, -0.1) is 0 Å². The van der Waals surface area contributed by atoms with Crippen LogP contribution in [0.4, 0.5) is 23.4 Å². The van der Waals surface area contributed by atoms with Crippen LogP contribution >= 0.6 is 0 Å². The number of anilines is 1. The number of morpholine rings is 1. The average molecular weight is 644 g/mol. The predicted octanol–water partition coefficient (Wildman–Crippen LogP) is 5.70. The fourth-order valence-corrected chi connectivity index (χ4v) is 5.75. The number of ether oxygens (including phenoxy) is 3. The summed E-state index contributed by atoms with van der Waals surface area (Å²) in [5, 5.41) is 5.91. The van der Waals surface area contributed by atoms with Gasteiger partial charge in [-0.25, -0.2) is 9.37 Å². The van der Waals surface area contributed by atoms with Gasteiger partial charge < -0.3 is 24.1 Å². The minimum Gasteiger partial charge on any atom is -0.493 e. The zero-order valence-corrected chi connectivity index (χ0v) is 25.5. The number of amides is 1. The minimum atomic E-state index is -4.47. The van der Waals surface area contributed by atoms with Crippen molar-refractivity contribution in [2.75, 3.05) is 38.7 Å². The lowest BCUT2D eigenvalue weighted by Gasteiger charge is -2.35. The van der Waals surface area contributed by atoms with Gasteiger partial charge in [-0.2, -0.15) is 13.2 Å². The second-order valence-corrected chi connectivity index (χ2v) is 11.8. The Morgan fingerprint density at radius 2 is 1.83 bits per heavy atom. The van der Waals surface area contributed by atoms with Crippen molar-refractivity contribution in [3.63, 3.8) is 0 Å².